The molecule has 0 aliphatic carbocycles. The highest BCUT2D eigenvalue weighted by atomic mass is 19.1. The highest BCUT2D eigenvalue weighted by Crippen LogP contribution is 2.20. The fraction of sp³-hybridized carbons (Fsp3) is 0.474. The maximum absolute atomic E-state index is 13.6. The summed E-state index contributed by atoms with van der Waals surface area (Å²) in [6.07, 6.45) is 1.98. The molecule has 0 atom stereocenters. The van der Waals surface area contributed by atoms with Gasteiger partial charge in [-0.05, 0) is 57.8 Å². The van der Waals surface area contributed by atoms with Gasteiger partial charge in [0.05, 0.1) is 17.9 Å². The lowest BCUT2D eigenvalue weighted by Crippen LogP contribution is -2.34. The molecule has 0 amide bonds. The Labute approximate surface area is 157 Å². The first-order chi connectivity index (χ1) is 12.9. The summed E-state index contributed by atoms with van der Waals surface area (Å²) in [5.41, 5.74) is 6.73. The van der Waals surface area contributed by atoms with Gasteiger partial charge in [0.2, 0.25) is 5.89 Å². The number of aryl methyl sites for hydroxylation is 2. The van der Waals surface area contributed by atoms with Gasteiger partial charge in [-0.2, -0.15) is 0 Å². The Hall–Kier alpha value is -2.48. The lowest BCUT2D eigenvalue weighted by molar-refractivity contribution is 0.166. The molecule has 2 aromatic rings. The van der Waals surface area contributed by atoms with E-state index in [0.29, 0.717) is 19.0 Å². The van der Waals surface area contributed by atoms with Crippen LogP contribution in [0.3, 0.4) is 0 Å². The molecule has 2 heterocycles. The molecule has 3 rings (SSSR count). The molecule has 27 heavy (non-hydrogen) atoms. The number of benzene rings is 1. The molecule has 0 bridgehead atoms. The van der Waals surface area contributed by atoms with Crippen LogP contribution in [-0.4, -0.2) is 35.5 Å². The Morgan fingerprint density at radius 3 is 2.74 bits per heavy atom. The number of guanidine groups is 1. The number of hydrogen-bond donors (Lipinski definition) is 2. The van der Waals surface area contributed by atoms with Crippen LogP contribution in [0.1, 0.15) is 30.2 Å². The number of nitrogens with one attached hydrogen (secondary N) is 1. The number of likely N-dealkylation sites (tertiary alicyclic amines) is 1. The second-order valence-corrected chi connectivity index (χ2v) is 6.94. The standard InChI is InChI=1S/C19H25F2N5O/c1-12-13(2)27-18(24-12)11-26-7-5-14(6-8-26)10-23-19(22)25-17-9-15(20)3-4-16(17)21/h3-4,9,14H,5-8,10-11H2,1-2H3,(H3,22,23,25). The number of nitrogens with two attached hydrogens (primary N) is 1. The SMILES string of the molecule is Cc1nc(CN2CCC(CN=C(N)Nc3cc(F)ccc3F)CC2)oc1C. The summed E-state index contributed by atoms with van der Waals surface area (Å²) in [6, 6.07) is 3.17. The predicted octanol–water partition coefficient (Wildman–Crippen LogP) is 3.21. The number of oxazole rings is 1. The van der Waals surface area contributed by atoms with Gasteiger partial charge in [0.15, 0.2) is 5.96 Å². The monoisotopic (exact) mass is 377 g/mol. The van der Waals surface area contributed by atoms with Crippen molar-refractivity contribution in [3.63, 3.8) is 0 Å². The van der Waals surface area contributed by atoms with E-state index in [0.717, 1.165) is 61.5 Å². The maximum atomic E-state index is 13.6. The minimum atomic E-state index is -0.570. The van der Waals surface area contributed by atoms with E-state index in [-0.39, 0.29) is 11.6 Å². The minimum Gasteiger partial charge on any atom is -0.444 e. The first-order valence-electron chi connectivity index (χ1n) is 9.08. The van der Waals surface area contributed by atoms with Gasteiger partial charge in [0.25, 0.3) is 0 Å². The van der Waals surface area contributed by atoms with Crippen LogP contribution in [0.5, 0.6) is 0 Å². The summed E-state index contributed by atoms with van der Waals surface area (Å²) in [4.78, 5) is 11.0. The first-order valence-corrected chi connectivity index (χ1v) is 9.08. The molecule has 1 saturated heterocycles. The minimum absolute atomic E-state index is 0.0115. The second-order valence-electron chi connectivity index (χ2n) is 6.94. The van der Waals surface area contributed by atoms with Crippen molar-refractivity contribution in [1.29, 1.82) is 0 Å². The Balaban J connectivity index is 1.45. The normalized spacial score (nSPS) is 16.7. The van der Waals surface area contributed by atoms with Gasteiger partial charge in [-0.1, -0.05) is 0 Å². The molecule has 1 aromatic carbocycles. The number of hydrogen-bond acceptors (Lipinski definition) is 4. The molecule has 146 valence electrons. The molecule has 0 unspecified atom stereocenters. The fourth-order valence-electron chi connectivity index (χ4n) is 3.12. The van der Waals surface area contributed by atoms with E-state index in [2.05, 4.69) is 20.2 Å². The summed E-state index contributed by atoms with van der Waals surface area (Å²) in [6.45, 7) is 7.01. The van der Waals surface area contributed by atoms with Crippen molar-refractivity contribution in [2.75, 3.05) is 25.0 Å². The van der Waals surface area contributed by atoms with Crippen LogP contribution >= 0.6 is 0 Å². The van der Waals surface area contributed by atoms with E-state index in [4.69, 9.17) is 10.2 Å². The maximum Gasteiger partial charge on any atom is 0.208 e. The average Bonchev–Trinajstić information content (AvgIpc) is 2.95. The number of aliphatic imine (C=N–C) groups is 1. The number of aromatic nitrogens is 1. The molecule has 0 radical (unpaired) electrons. The van der Waals surface area contributed by atoms with E-state index >= 15 is 0 Å². The molecule has 1 aromatic heterocycles. The van der Waals surface area contributed by atoms with Gasteiger partial charge in [0, 0.05) is 12.6 Å². The van der Waals surface area contributed by atoms with E-state index < -0.39 is 11.6 Å². The Bertz CT molecular complexity index is 793. The van der Waals surface area contributed by atoms with E-state index in [1.54, 1.807) is 0 Å². The van der Waals surface area contributed by atoms with Gasteiger partial charge in [-0.3, -0.25) is 9.89 Å². The van der Waals surface area contributed by atoms with E-state index in [1.807, 2.05) is 13.8 Å². The third-order valence-corrected chi connectivity index (χ3v) is 4.85. The van der Waals surface area contributed by atoms with Gasteiger partial charge >= 0.3 is 0 Å². The zero-order chi connectivity index (χ0) is 19.4. The smallest absolute Gasteiger partial charge is 0.208 e. The summed E-state index contributed by atoms with van der Waals surface area (Å²) >= 11 is 0. The van der Waals surface area contributed by atoms with Crippen molar-refractivity contribution in [3.05, 3.63) is 47.2 Å². The molecular formula is C19H25F2N5O. The summed E-state index contributed by atoms with van der Waals surface area (Å²) in [5, 5.41) is 2.62. The van der Waals surface area contributed by atoms with Crippen molar-refractivity contribution < 1.29 is 13.2 Å². The molecule has 1 aliphatic rings. The highest BCUT2D eigenvalue weighted by Gasteiger charge is 2.20. The van der Waals surface area contributed by atoms with Crippen LogP contribution in [0.4, 0.5) is 14.5 Å². The molecule has 1 aliphatic heterocycles. The van der Waals surface area contributed by atoms with Crippen LogP contribution in [0.25, 0.3) is 0 Å². The first kappa shape index (κ1) is 19.3. The van der Waals surface area contributed by atoms with Gasteiger partial charge in [-0.15, -0.1) is 0 Å². The summed E-state index contributed by atoms with van der Waals surface area (Å²) in [5.74, 6) is 1.02. The number of rotatable bonds is 5. The van der Waals surface area contributed by atoms with Crippen molar-refractivity contribution in [1.82, 2.24) is 9.88 Å². The lowest BCUT2D eigenvalue weighted by Gasteiger charge is -2.30. The Morgan fingerprint density at radius 2 is 2.07 bits per heavy atom. The van der Waals surface area contributed by atoms with E-state index in [1.165, 1.54) is 0 Å². The van der Waals surface area contributed by atoms with E-state index in [9.17, 15) is 8.78 Å². The number of nitrogens with zero attached hydrogens (tertiary/aromatic N) is 3. The summed E-state index contributed by atoms with van der Waals surface area (Å²) < 4.78 is 32.4. The van der Waals surface area contributed by atoms with Crippen LogP contribution in [0, 0.1) is 31.4 Å². The van der Waals surface area contributed by atoms with Gasteiger partial charge in [-0.25, -0.2) is 13.8 Å². The molecule has 1 fully saturated rings. The summed E-state index contributed by atoms with van der Waals surface area (Å²) in [7, 11) is 0. The average molecular weight is 377 g/mol. The molecule has 6 nitrogen and oxygen atoms in total. The zero-order valence-corrected chi connectivity index (χ0v) is 15.6. The van der Waals surface area contributed by atoms with Crippen molar-refractivity contribution in [3.8, 4) is 0 Å². The fourth-order valence-corrected chi connectivity index (χ4v) is 3.12. The number of halogens is 2. The predicted molar refractivity (Wildman–Crippen MR) is 100 cm³/mol. The van der Waals surface area contributed by atoms with Crippen molar-refractivity contribution in [2.24, 2.45) is 16.6 Å². The number of piperidine rings is 1. The quantitative estimate of drug-likeness (QED) is 0.618. The molecule has 0 spiro atoms. The third-order valence-electron chi connectivity index (χ3n) is 4.85. The second kappa shape index (κ2) is 8.47. The largest absolute Gasteiger partial charge is 0.444 e. The highest BCUT2D eigenvalue weighted by molar-refractivity contribution is 5.92. The van der Waals surface area contributed by atoms with Crippen molar-refractivity contribution >= 4 is 11.6 Å². The zero-order valence-electron chi connectivity index (χ0n) is 15.6. The Kier molecular flexibility index (Phi) is 6.05. The van der Waals surface area contributed by atoms with Gasteiger partial charge in [0.1, 0.15) is 17.4 Å². The molecule has 0 saturated carbocycles. The van der Waals surface area contributed by atoms with Crippen LogP contribution in [-0.2, 0) is 6.54 Å². The van der Waals surface area contributed by atoms with Crippen LogP contribution < -0.4 is 11.1 Å². The number of anilines is 1. The van der Waals surface area contributed by atoms with Gasteiger partial charge < -0.3 is 15.5 Å². The Morgan fingerprint density at radius 1 is 1.33 bits per heavy atom. The third kappa shape index (κ3) is 5.26. The molecule has 8 heteroatoms. The van der Waals surface area contributed by atoms with Crippen LogP contribution in [0.2, 0.25) is 0 Å². The molecule has 3 N–H and O–H groups in total. The lowest BCUT2D eigenvalue weighted by atomic mass is 9.97. The topological polar surface area (TPSA) is 79.7 Å². The van der Waals surface area contributed by atoms with Crippen molar-refractivity contribution in [2.45, 2.75) is 33.2 Å². The van der Waals surface area contributed by atoms with Crippen LogP contribution in [0.15, 0.2) is 27.6 Å². The molecular weight excluding hydrogens is 352 g/mol.